The van der Waals surface area contributed by atoms with Crippen molar-refractivity contribution in [2.75, 3.05) is 12.4 Å². The van der Waals surface area contributed by atoms with Crippen LogP contribution in [0.2, 0.25) is 0 Å². The van der Waals surface area contributed by atoms with Gasteiger partial charge in [0, 0.05) is 41.1 Å². The predicted octanol–water partition coefficient (Wildman–Crippen LogP) is 4.92. The molecule has 2 N–H and O–H groups in total. The number of Topliss-reactive ketones (excluding diaryl/α,β-unsaturated/α-hetero) is 1. The summed E-state index contributed by atoms with van der Waals surface area (Å²) >= 11 is 3.53. The van der Waals surface area contributed by atoms with E-state index in [9.17, 15) is 14.7 Å². The second-order valence-corrected chi connectivity index (χ2v) is 8.81. The summed E-state index contributed by atoms with van der Waals surface area (Å²) in [5, 5.41) is 13.8. The first-order chi connectivity index (χ1) is 13.4. The van der Waals surface area contributed by atoms with Crippen molar-refractivity contribution in [2.24, 2.45) is 5.92 Å². The third kappa shape index (κ3) is 3.85. The molecule has 148 valence electrons. The van der Waals surface area contributed by atoms with E-state index in [1.165, 1.54) is 4.90 Å². The van der Waals surface area contributed by atoms with Gasteiger partial charge in [-0.3, -0.25) is 9.78 Å². The molecule has 7 heteroatoms. The third-order valence-corrected chi connectivity index (χ3v) is 6.43. The summed E-state index contributed by atoms with van der Waals surface area (Å²) in [6.45, 7) is 0. The number of aromatic nitrogens is 1. The second-order valence-electron chi connectivity index (χ2n) is 7.89. The van der Waals surface area contributed by atoms with Crippen molar-refractivity contribution >= 4 is 44.4 Å². The van der Waals surface area contributed by atoms with E-state index in [1.807, 2.05) is 18.2 Å². The lowest BCUT2D eigenvalue weighted by Crippen LogP contribution is -2.41. The first-order valence-corrected chi connectivity index (χ1v) is 10.6. The van der Waals surface area contributed by atoms with Crippen molar-refractivity contribution in [1.82, 2.24) is 9.88 Å². The number of nitrogens with zero attached hydrogens (tertiary/aromatic N) is 2. The number of ketones is 1. The van der Waals surface area contributed by atoms with Crippen molar-refractivity contribution < 1.29 is 14.7 Å². The van der Waals surface area contributed by atoms with Crippen molar-refractivity contribution in [3.05, 3.63) is 34.4 Å². The lowest BCUT2D eigenvalue weighted by molar-refractivity contribution is 0.0967. The number of benzene rings is 1. The smallest absolute Gasteiger partial charge is 0.407 e. The molecule has 1 aromatic heterocycles. The quantitative estimate of drug-likeness (QED) is 0.637. The Morgan fingerprint density at radius 1 is 1.18 bits per heavy atom. The van der Waals surface area contributed by atoms with Gasteiger partial charge >= 0.3 is 6.09 Å². The number of hydrogen-bond donors (Lipinski definition) is 2. The van der Waals surface area contributed by atoms with E-state index in [-0.39, 0.29) is 23.8 Å². The van der Waals surface area contributed by atoms with Gasteiger partial charge in [-0.1, -0.05) is 15.9 Å². The molecule has 0 unspecified atom stereocenters. The zero-order chi connectivity index (χ0) is 19.8. The van der Waals surface area contributed by atoms with Gasteiger partial charge in [0.05, 0.1) is 16.8 Å². The molecule has 1 aromatic carbocycles. The molecule has 4 rings (SSSR count). The number of pyridine rings is 1. The van der Waals surface area contributed by atoms with E-state index in [1.54, 1.807) is 13.2 Å². The Labute approximate surface area is 172 Å². The maximum absolute atomic E-state index is 12.9. The Bertz CT molecular complexity index is 920. The molecule has 0 atom stereocenters. The zero-order valence-corrected chi connectivity index (χ0v) is 17.4. The Morgan fingerprint density at radius 3 is 2.54 bits per heavy atom. The molecular weight excluding hydrogens is 422 g/mol. The highest BCUT2D eigenvalue weighted by Crippen LogP contribution is 2.38. The summed E-state index contributed by atoms with van der Waals surface area (Å²) in [7, 11) is 1.64. The first kappa shape index (κ1) is 19.2. The summed E-state index contributed by atoms with van der Waals surface area (Å²) < 4.78 is 0.952. The van der Waals surface area contributed by atoms with Crippen molar-refractivity contribution in [2.45, 2.75) is 50.6 Å². The van der Waals surface area contributed by atoms with Crippen LogP contribution in [0.1, 0.15) is 48.9 Å². The Morgan fingerprint density at radius 2 is 1.89 bits per heavy atom. The molecular formula is C21H24BrN3O3. The van der Waals surface area contributed by atoms with Gasteiger partial charge in [0.15, 0.2) is 5.78 Å². The SMILES string of the molecule is CN(C(=O)O)C1CCC(Nc2c(C(=O)C3CC3)cnc3ccc(Br)cc23)CC1. The van der Waals surface area contributed by atoms with Gasteiger partial charge in [0.2, 0.25) is 0 Å². The molecule has 1 amide bonds. The van der Waals surface area contributed by atoms with Gasteiger partial charge in [-0.2, -0.15) is 0 Å². The second kappa shape index (κ2) is 7.70. The van der Waals surface area contributed by atoms with E-state index in [4.69, 9.17) is 0 Å². The fraction of sp³-hybridized carbons (Fsp3) is 0.476. The van der Waals surface area contributed by atoms with E-state index >= 15 is 0 Å². The zero-order valence-electron chi connectivity index (χ0n) is 15.8. The van der Waals surface area contributed by atoms with Gasteiger partial charge in [-0.15, -0.1) is 0 Å². The summed E-state index contributed by atoms with van der Waals surface area (Å²) in [4.78, 5) is 30.0. The van der Waals surface area contributed by atoms with Crippen molar-refractivity contribution in [3.8, 4) is 0 Å². The van der Waals surface area contributed by atoms with Crippen LogP contribution in [0, 0.1) is 5.92 Å². The maximum Gasteiger partial charge on any atom is 0.407 e. The lowest BCUT2D eigenvalue weighted by Gasteiger charge is -2.34. The molecule has 0 radical (unpaired) electrons. The van der Waals surface area contributed by atoms with Crippen LogP contribution in [0.3, 0.4) is 0 Å². The molecule has 1 heterocycles. The molecule has 2 saturated carbocycles. The van der Waals surface area contributed by atoms with Gasteiger partial charge < -0.3 is 15.3 Å². The minimum absolute atomic E-state index is 0.0615. The minimum Gasteiger partial charge on any atom is -0.465 e. The van der Waals surface area contributed by atoms with Gasteiger partial charge in [0.25, 0.3) is 0 Å². The molecule has 0 bridgehead atoms. The van der Waals surface area contributed by atoms with E-state index in [0.717, 1.165) is 59.6 Å². The molecule has 0 saturated heterocycles. The van der Waals surface area contributed by atoms with Crippen LogP contribution in [0.25, 0.3) is 10.9 Å². The number of hydrogen-bond acceptors (Lipinski definition) is 4. The Kier molecular flexibility index (Phi) is 5.27. The van der Waals surface area contributed by atoms with E-state index in [0.29, 0.717) is 5.56 Å². The van der Waals surface area contributed by atoms with Gasteiger partial charge in [-0.25, -0.2) is 4.79 Å². The largest absolute Gasteiger partial charge is 0.465 e. The highest BCUT2D eigenvalue weighted by Gasteiger charge is 2.33. The average Bonchev–Trinajstić information content (AvgIpc) is 3.53. The number of carbonyl (C=O) groups is 2. The molecule has 28 heavy (non-hydrogen) atoms. The molecule has 2 aliphatic rings. The number of halogens is 1. The fourth-order valence-corrected chi connectivity index (χ4v) is 4.40. The van der Waals surface area contributed by atoms with Crippen LogP contribution in [0.5, 0.6) is 0 Å². The van der Waals surface area contributed by atoms with Crippen LogP contribution >= 0.6 is 15.9 Å². The topological polar surface area (TPSA) is 82.5 Å². The molecule has 0 aliphatic heterocycles. The Hall–Kier alpha value is -2.15. The monoisotopic (exact) mass is 445 g/mol. The normalized spacial score (nSPS) is 22.1. The summed E-state index contributed by atoms with van der Waals surface area (Å²) in [6, 6.07) is 6.20. The third-order valence-electron chi connectivity index (χ3n) is 5.94. The number of anilines is 1. The molecule has 2 fully saturated rings. The number of fused-ring (bicyclic) bond motifs is 1. The highest BCUT2D eigenvalue weighted by atomic mass is 79.9. The Balaban J connectivity index is 1.60. The van der Waals surface area contributed by atoms with Crippen LogP contribution in [0.4, 0.5) is 10.5 Å². The van der Waals surface area contributed by atoms with Crippen LogP contribution in [0.15, 0.2) is 28.9 Å². The summed E-state index contributed by atoms with van der Waals surface area (Å²) in [6.07, 6.45) is 6.14. The number of rotatable bonds is 5. The van der Waals surface area contributed by atoms with Crippen LogP contribution < -0.4 is 5.32 Å². The minimum atomic E-state index is -0.876. The number of carbonyl (C=O) groups excluding carboxylic acids is 1. The van der Waals surface area contributed by atoms with Gasteiger partial charge in [0.1, 0.15) is 0 Å². The molecule has 2 aromatic rings. The van der Waals surface area contributed by atoms with Gasteiger partial charge in [-0.05, 0) is 56.7 Å². The standard InChI is InChI=1S/C21H24BrN3O3/c1-25(21(27)28)15-7-5-14(6-8-15)24-19-16-10-13(22)4-9-18(16)23-11-17(19)20(26)12-2-3-12/h4,9-12,14-15H,2-3,5-8H2,1H3,(H,23,24)(H,27,28). The molecule has 2 aliphatic carbocycles. The van der Waals surface area contributed by atoms with E-state index < -0.39 is 6.09 Å². The molecule has 6 nitrogen and oxygen atoms in total. The predicted molar refractivity (Wildman–Crippen MR) is 112 cm³/mol. The number of carboxylic acid groups (broad SMARTS) is 1. The first-order valence-electron chi connectivity index (χ1n) is 9.79. The fourth-order valence-electron chi connectivity index (χ4n) is 4.04. The lowest BCUT2D eigenvalue weighted by atomic mass is 9.90. The maximum atomic E-state index is 12.9. The number of nitrogens with one attached hydrogen (secondary N) is 1. The average molecular weight is 446 g/mol. The van der Waals surface area contributed by atoms with Crippen LogP contribution in [-0.2, 0) is 0 Å². The molecule has 0 spiro atoms. The van der Waals surface area contributed by atoms with E-state index in [2.05, 4.69) is 26.2 Å². The van der Waals surface area contributed by atoms with Crippen LogP contribution in [-0.4, -0.2) is 46.0 Å². The van der Waals surface area contributed by atoms with Crippen molar-refractivity contribution in [3.63, 3.8) is 0 Å². The summed E-state index contributed by atoms with van der Waals surface area (Å²) in [5.74, 6) is 0.308. The van der Waals surface area contributed by atoms with Crippen molar-refractivity contribution in [1.29, 1.82) is 0 Å². The number of amides is 1. The summed E-state index contributed by atoms with van der Waals surface area (Å²) in [5.41, 5.74) is 2.41. The highest BCUT2D eigenvalue weighted by molar-refractivity contribution is 9.10.